The van der Waals surface area contributed by atoms with Gasteiger partial charge in [-0.1, -0.05) is 30.3 Å². The zero-order chi connectivity index (χ0) is 27.7. The maximum Gasteiger partial charge on any atom is 0.309 e. The van der Waals surface area contributed by atoms with Gasteiger partial charge < -0.3 is 25.8 Å². The molecule has 0 fully saturated rings. The Balaban J connectivity index is 1.97. The van der Waals surface area contributed by atoms with E-state index < -0.39 is 83.6 Å². The molecule has 3 amide bonds. The average Bonchev–Trinajstić information content (AvgIpc) is 2.85. The fourth-order valence-electron chi connectivity index (χ4n) is 2.82. The van der Waals surface area contributed by atoms with Gasteiger partial charge in [-0.15, -0.1) is 0 Å². The van der Waals surface area contributed by atoms with Crippen LogP contribution in [0.3, 0.4) is 0 Å². The van der Waals surface area contributed by atoms with Crippen LogP contribution in [-0.2, 0) is 30.5 Å². The molecule has 2 atom stereocenters. The number of ketones is 1. The Labute approximate surface area is 207 Å². The molecule has 0 bridgehead atoms. The van der Waals surface area contributed by atoms with Crippen LogP contribution in [0.1, 0.15) is 18.9 Å². The summed E-state index contributed by atoms with van der Waals surface area (Å²) < 4.78 is 58.5. The third-order valence-electron chi connectivity index (χ3n) is 4.76. The molecule has 2 rings (SSSR count). The number of Topliss-reactive ketones (excluding diaryl/α,β-unsaturated/α-hetero) is 1. The Kier molecular flexibility index (Phi) is 10.1. The number of carboxylic acid groups (broad SMARTS) is 1. The lowest BCUT2D eigenvalue weighted by Gasteiger charge is -2.20. The molecule has 0 aromatic heterocycles. The first kappa shape index (κ1) is 28.7. The van der Waals surface area contributed by atoms with Crippen LogP contribution < -0.4 is 20.7 Å². The number of aliphatic carboxylic acids is 1. The molecule has 2 aromatic carbocycles. The molecule has 0 aliphatic rings. The number of nitrogens with one attached hydrogen (secondary N) is 3. The Morgan fingerprint density at radius 3 is 2.08 bits per heavy atom. The Morgan fingerprint density at radius 1 is 0.919 bits per heavy atom. The van der Waals surface area contributed by atoms with Gasteiger partial charge in [0.25, 0.3) is 0 Å². The molecule has 0 saturated carbocycles. The summed E-state index contributed by atoms with van der Waals surface area (Å²) in [6.45, 7) is -0.104. The summed E-state index contributed by atoms with van der Waals surface area (Å²) in [7, 11) is 0. The van der Waals surface area contributed by atoms with Gasteiger partial charge in [0.05, 0.1) is 6.42 Å². The topological polar surface area (TPSA) is 151 Å². The minimum absolute atomic E-state index is 0.0270. The lowest BCUT2D eigenvalue weighted by Crippen LogP contribution is -2.53. The maximum atomic E-state index is 13.7. The second-order valence-corrected chi connectivity index (χ2v) is 7.57. The number of amides is 3. The first-order valence-electron chi connectivity index (χ1n) is 10.5. The van der Waals surface area contributed by atoms with Gasteiger partial charge in [-0.05, 0) is 12.5 Å². The van der Waals surface area contributed by atoms with Gasteiger partial charge in [0, 0.05) is 12.6 Å². The molecule has 0 aliphatic heterocycles. The number of benzene rings is 2. The minimum atomic E-state index is -1.92. The highest BCUT2D eigenvalue weighted by Gasteiger charge is 2.29. The van der Waals surface area contributed by atoms with Crippen molar-refractivity contribution < 1.29 is 51.4 Å². The monoisotopic (exact) mass is 527 g/mol. The number of carbonyl (C=O) groups excluding carboxylic acids is 4. The van der Waals surface area contributed by atoms with Crippen LogP contribution >= 0.6 is 0 Å². The molecule has 0 heterocycles. The van der Waals surface area contributed by atoms with Crippen LogP contribution in [0.15, 0.2) is 36.4 Å². The molecule has 10 nitrogen and oxygen atoms in total. The molecular weight excluding hydrogens is 506 g/mol. The van der Waals surface area contributed by atoms with Crippen LogP contribution in [0.4, 0.5) is 17.6 Å². The average molecular weight is 527 g/mol. The predicted molar refractivity (Wildman–Crippen MR) is 117 cm³/mol. The van der Waals surface area contributed by atoms with Crippen LogP contribution in [0.25, 0.3) is 0 Å². The standard InChI is InChI=1S/C23H21F4N3O7/c1-11(29-23(36)22(35)28-9-12-5-3-2-4-6-12)21(34)30-15(8-17(32)33)16(31)10-37-20-18(26)13(24)7-14(25)19(20)27/h2-7,11,15H,8-10H2,1H3,(H,28,35)(H,29,36)(H,30,34)(H,32,33)/t11-,15-/m0/s1. The molecule has 2 aromatic rings. The third kappa shape index (κ3) is 8.30. The van der Waals surface area contributed by atoms with E-state index >= 15 is 0 Å². The van der Waals surface area contributed by atoms with E-state index in [4.69, 9.17) is 5.11 Å². The molecule has 0 unspecified atom stereocenters. The van der Waals surface area contributed by atoms with Crippen molar-refractivity contribution in [3.8, 4) is 5.75 Å². The number of ether oxygens (including phenoxy) is 1. The molecule has 198 valence electrons. The van der Waals surface area contributed by atoms with Crippen molar-refractivity contribution in [1.29, 1.82) is 0 Å². The smallest absolute Gasteiger partial charge is 0.309 e. The maximum absolute atomic E-state index is 13.7. The largest absolute Gasteiger partial charge is 0.481 e. The fraction of sp³-hybridized carbons (Fsp3) is 0.261. The van der Waals surface area contributed by atoms with Crippen molar-refractivity contribution in [2.75, 3.05) is 6.61 Å². The van der Waals surface area contributed by atoms with Gasteiger partial charge >= 0.3 is 17.8 Å². The van der Waals surface area contributed by atoms with Crippen molar-refractivity contribution in [3.05, 3.63) is 65.2 Å². The van der Waals surface area contributed by atoms with E-state index in [0.717, 1.165) is 6.92 Å². The SMILES string of the molecule is C[C@H](NC(=O)C(=O)NCc1ccccc1)C(=O)N[C@@H](CC(=O)O)C(=O)COc1c(F)c(F)cc(F)c1F. The Bertz CT molecular complexity index is 1170. The van der Waals surface area contributed by atoms with E-state index in [1.807, 2.05) is 5.32 Å². The second-order valence-electron chi connectivity index (χ2n) is 7.57. The molecule has 0 spiro atoms. The van der Waals surface area contributed by atoms with Crippen molar-refractivity contribution in [3.63, 3.8) is 0 Å². The lowest BCUT2D eigenvalue weighted by atomic mass is 10.1. The molecule has 4 N–H and O–H groups in total. The van der Waals surface area contributed by atoms with Gasteiger partial charge in [-0.25, -0.2) is 8.78 Å². The fourth-order valence-corrected chi connectivity index (χ4v) is 2.82. The van der Waals surface area contributed by atoms with Crippen LogP contribution in [0.2, 0.25) is 0 Å². The summed E-state index contributed by atoms with van der Waals surface area (Å²) in [5.41, 5.74) is 0.701. The van der Waals surface area contributed by atoms with Crippen LogP contribution in [0.5, 0.6) is 5.75 Å². The van der Waals surface area contributed by atoms with E-state index in [0.29, 0.717) is 5.56 Å². The molecule has 0 radical (unpaired) electrons. The van der Waals surface area contributed by atoms with Crippen LogP contribution in [0, 0.1) is 23.3 Å². The van der Waals surface area contributed by atoms with Crippen molar-refractivity contribution in [2.24, 2.45) is 0 Å². The number of rotatable bonds is 11. The van der Waals surface area contributed by atoms with Gasteiger partial charge in [0.2, 0.25) is 17.5 Å². The second kappa shape index (κ2) is 13.0. The lowest BCUT2D eigenvalue weighted by molar-refractivity contribution is -0.142. The van der Waals surface area contributed by atoms with Crippen molar-refractivity contribution >= 4 is 29.5 Å². The van der Waals surface area contributed by atoms with E-state index in [1.165, 1.54) is 0 Å². The number of halogens is 4. The normalized spacial score (nSPS) is 12.1. The molecule has 0 saturated heterocycles. The van der Waals surface area contributed by atoms with Gasteiger partial charge in [0.1, 0.15) is 18.7 Å². The van der Waals surface area contributed by atoms with Crippen molar-refractivity contribution in [2.45, 2.75) is 32.0 Å². The summed E-state index contributed by atoms with van der Waals surface area (Å²) in [5, 5.41) is 15.4. The number of carboxylic acids is 1. The predicted octanol–water partition coefficient (Wildman–Crippen LogP) is 0.971. The quantitative estimate of drug-likeness (QED) is 0.193. The molecule has 0 aliphatic carbocycles. The first-order chi connectivity index (χ1) is 17.4. The zero-order valence-electron chi connectivity index (χ0n) is 19.1. The molecule has 37 heavy (non-hydrogen) atoms. The summed E-state index contributed by atoms with van der Waals surface area (Å²) in [5.74, 6) is -15.1. The highest BCUT2D eigenvalue weighted by atomic mass is 19.2. The van der Waals surface area contributed by atoms with Gasteiger partial charge in [0.15, 0.2) is 23.2 Å². The molecule has 14 heteroatoms. The summed E-state index contributed by atoms with van der Waals surface area (Å²) in [4.78, 5) is 59.9. The Hall–Kier alpha value is -4.49. The Morgan fingerprint density at radius 2 is 1.51 bits per heavy atom. The summed E-state index contributed by atoms with van der Waals surface area (Å²) in [6, 6.07) is 5.27. The van der Waals surface area contributed by atoms with E-state index in [1.54, 1.807) is 30.3 Å². The van der Waals surface area contributed by atoms with E-state index in [2.05, 4.69) is 15.4 Å². The highest BCUT2D eigenvalue weighted by molar-refractivity contribution is 6.35. The van der Waals surface area contributed by atoms with Crippen molar-refractivity contribution in [1.82, 2.24) is 16.0 Å². The van der Waals surface area contributed by atoms with Gasteiger partial charge in [-0.3, -0.25) is 24.0 Å². The van der Waals surface area contributed by atoms with E-state index in [-0.39, 0.29) is 12.6 Å². The zero-order valence-corrected chi connectivity index (χ0v) is 19.1. The molecular formula is C23H21F4N3O7. The number of carbonyl (C=O) groups is 5. The summed E-state index contributed by atoms with van der Waals surface area (Å²) >= 11 is 0. The summed E-state index contributed by atoms with van der Waals surface area (Å²) in [6.07, 6.45) is -1.01. The first-order valence-corrected chi connectivity index (χ1v) is 10.5. The number of hydrogen-bond acceptors (Lipinski definition) is 6. The highest BCUT2D eigenvalue weighted by Crippen LogP contribution is 2.26. The van der Waals surface area contributed by atoms with E-state index in [9.17, 15) is 41.5 Å². The number of hydrogen-bond donors (Lipinski definition) is 4. The third-order valence-corrected chi connectivity index (χ3v) is 4.76. The van der Waals surface area contributed by atoms with Crippen LogP contribution in [-0.4, -0.2) is 53.3 Å². The van der Waals surface area contributed by atoms with Gasteiger partial charge in [-0.2, -0.15) is 8.78 Å². The minimum Gasteiger partial charge on any atom is -0.481 e.